The quantitative estimate of drug-likeness (QED) is 0.608. The van der Waals surface area contributed by atoms with Crippen LogP contribution >= 0.6 is 11.6 Å². The number of nitro groups is 1. The number of nitro benzene ring substituents is 1. The molecule has 1 amide bonds. The van der Waals surface area contributed by atoms with E-state index in [4.69, 9.17) is 16.3 Å². The minimum atomic E-state index is -3.04. The van der Waals surface area contributed by atoms with E-state index in [0.29, 0.717) is 0 Å². The predicted molar refractivity (Wildman–Crippen MR) is 85.7 cm³/mol. The highest BCUT2D eigenvalue weighted by Crippen LogP contribution is 2.30. The van der Waals surface area contributed by atoms with Gasteiger partial charge in [-0.2, -0.15) is 8.78 Å². The van der Waals surface area contributed by atoms with Crippen molar-refractivity contribution in [3.63, 3.8) is 0 Å². The molecule has 0 unspecified atom stereocenters. The van der Waals surface area contributed by atoms with Crippen molar-refractivity contribution in [3.05, 3.63) is 57.1 Å². The summed E-state index contributed by atoms with van der Waals surface area (Å²) in [7, 11) is 1.35. The summed E-state index contributed by atoms with van der Waals surface area (Å²) in [5.74, 6) is -0.791. The average Bonchev–Trinajstić information content (AvgIpc) is 2.56. The lowest BCUT2D eigenvalue weighted by Gasteiger charge is -2.10. The van der Waals surface area contributed by atoms with Crippen LogP contribution in [0.2, 0.25) is 5.02 Å². The molecule has 0 aliphatic rings. The van der Waals surface area contributed by atoms with Crippen LogP contribution in [-0.4, -0.2) is 24.6 Å². The molecule has 0 radical (unpaired) electrons. The first-order chi connectivity index (χ1) is 11.8. The van der Waals surface area contributed by atoms with E-state index in [2.05, 4.69) is 10.1 Å². The second-order valence-electron chi connectivity index (χ2n) is 4.62. The molecule has 0 atom stereocenters. The monoisotopic (exact) mass is 372 g/mol. The molecular formula is C15H11ClF2N2O5. The van der Waals surface area contributed by atoms with Crippen LogP contribution in [-0.2, 0) is 0 Å². The van der Waals surface area contributed by atoms with Gasteiger partial charge < -0.3 is 14.8 Å². The summed E-state index contributed by atoms with van der Waals surface area (Å²) in [5, 5.41) is 13.3. The van der Waals surface area contributed by atoms with E-state index in [1.165, 1.54) is 31.4 Å². The number of rotatable bonds is 6. The van der Waals surface area contributed by atoms with Gasteiger partial charge >= 0.3 is 6.61 Å². The van der Waals surface area contributed by atoms with Gasteiger partial charge in [0.05, 0.1) is 17.1 Å². The smallest absolute Gasteiger partial charge is 0.387 e. The SMILES string of the molecule is COc1ccc([N+](=O)[O-])c(C(=O)Nc2ccc(OC(F)F)c(Cl)c2)c1. The zero-order valence-corrected chi connectivity index (χ0v) is 13.4. The summed E-state index contributed by atoms with van der Waals surface area (Å²) in [6.45, 7) is -3.04. The maximum atomic E-state index is 12.3. The molecule has 0 bridgehead atoms. The maximum absolute atomic E-state index is 12.3. The number of hydrogen-bond donors (Lipinski definition) is 1. The average molecular weight is 373 g/mol. The molecule has 2 rings (SSSR count). The molecule has 0 spiro atoms. The molecule has 0 saturated carbocycles. The minimum absolute atomic E-state index is 0.147. The summed E-state index contributed by atoms with van der Waals surface area (Å²) < 4.78 is 33.5. The number of carbonyl (C=O) groups excluding carboxylic acids is 1. The Morgan fingerprint density at radius 3 is 2.56 bits per heavy atom. The van der Waals surface area contributed by atoms with E-state index in [-0.39, 0.29) is 27.8 Å². The fourth-order valence-electron chi connectivity index (χ4n) is 1.95. The second kappa shape index (κ2) is 7.75. The van der Waals surface area contributed by atoms with Crippen molar-refractivity contribution in [2.45, 2.75) is 6.61 Å². The number of amides is 1. The van der Waals surface area contributed by atoms with Gasteiger partial charge in [-0.1, -0.05) is 11.6 Å². The van der Waals surface area contributed by atoms with E-state index in [1.54, 1.807) is 0 Å². The molecule has 0 fully saturated rings. The molecule has 0 aliphatic carbocycles. The Bertz CT molecular complexity index is 817. The van der Waals surface area contributed by atoms with Gasteiger partial charge in [0, 0.05) is 11.8 Å². The summed E-state index contributed by atoms with van der Waals surface area (Å²) in [6.07, 6.45) is 0. The highest BCUT2D eigenvalue weighted by molar-refractivity contribution is 6.32. The normalized spacial score (nSPS) is 10.4. The Hall–Kier alpha value is -2.94. The Kier molecular flexibility index (Phi) is 5.71. The van der Waals surface area contributed by atoms with E-state index in [9.17, 15) is 23.7 Å². The van der Waals surface area contributed by atoms with Gasteiger partial charge in [-0.05, 0) is 30.3 Å². The Balaban J connectivity index is 2.28. The molecule has 7 nitrogen and oxygen atoms in total. The van der Waals surface area contributed by atoms with Crippen LogP contribution in [0.5, 0.6) is 11.5 Å². The van der Waals surface area contributed by atoms with Crippen molar-refractivity contribution < 1.29 is 28.0 Å². The van der Waals surface area contributed by atoms with Crippen molar-refractivity contribution in [3.8, 4) is 11.5 Å². The number of anilines is 1. The molecule has 2 aromatic carbocycles. The van der Waals surface area contributed by atoms with Crippen molar-refractivity contribution in [1.82, 2.24) is 0 Å². The molecule has 132 valence electrons. The first-order valence-electron chi connectivity index (χ1n) is 6.70. The second-order valence-corrected chi connectivity index (χ2v) is 5.03. The molecular weight excluding hydrogens is 362 g/mol. The van der Waals surface area contributed by atoms with Crippen LogP contribution < -0.4 is 14.8 Å². The Labute approximate surface area is 145 Å². The number of alkyl halides is 2. The summed E-state index contributed by atoms with van der Waals surface area (Å²) in [5.41, 5.74) is -0.496. The van der Waals surface area contributed by atoms with E-state index < -0.39 is 23.1 Å². The van der Waals surface area contributed by atoms with Gasteiger partial charge in [0.15, 0.2) is 0 Å². The number of ether oxygens (including phenoxy) is 2. The third-order valence-corrected chi connectivity index (χ3v) is 3.35. The van der Waals surface area contributed by atoms with Gasteiger partial charge in [0.1, 0.15) is 17.1 Å². The molecule has 1 N–H and O–H groups in total. The highest BCUT2D eigenvalue weighted by Gasteiger charge is 2.21. The number of methoxy groups -OCH3 is 1. The number of nitrogens with zero attached hydrogens (tertiary/aromatic N) is 1. The lowest BCUT2D eigenvalue weighted by molar-refractivity contribution is -0.385. The van der Waals surface area contributed by atoms with E-state index >= 15 is 0 Å². The topological polar surface area (TPSA) is 90.7 Å². The molecule has 0 aliphatic heterocycles. The van der Waals surface area contributed by atoms with Crippen LogP contribution in [0.25, 0.3) is 0 Å². The molecule has 0 heterocycles. The fraction of sp³-hybridized carbons (Fsp3) is 0.133. The largest absolute Gasteiger partial charge is 0.497 e. The first kappa shape index (κ1) is 18.4. The lowest BCUT2D eigenvalue weighted by Crippen LogP contribution is -2.14. The van der Waals surface area contributed by atoms with Crippen molar-refractivity contribution in [1.29, 1.82) is 0 Å². The van der Waals surface area contributed by atoms with Crippen LogP contribution in [0.4, 0.5) is 20.2 Å². The summed E-state index contributed by atoms with van der Waals surface area (Å²) in [4.78, 5) is 22.7. The first-order valence-corrected chi connectivity index (χ1v) is 7.07. The summed E-state index contributed by atoms with van der Waals surface area (Å²) in [6, 6.07) is 7.30. The predicted octanol–water partition coefficient (Wildman–Crippen LogP) is 4.11. The number of nitrogens with one attached hydrogen (secondary N) is 1. The van der Waals surface area contributed by atoms with Crippen LogP contribution in [0.1, 0.15) is 10.4 Å². The molecule has 0 saturated heterocycles. The lowest BCUT2D eigenvalue weighted by atomic mass is 10.1. The van der Waals surface area contributed by atoms with Crippen LogP contribution in [0, 0.1) is 10.1 Å². The molecule has 10 heteroatoms. The number of hydrogen-bond acceptors (Lipinski definition) is 5. The fourth-order valence-corrected chi connectivity index (χ4v) is 2.18. The number of halogens is 3. The van der Waals surface area contributed by atoms with Gasteiger partial charge in [-0.25, -0.2) is 0 Å². The molecule has 2 aromatic rings. The van der Waals surface area contributed by atoms with E-state index in [1.807, 2.05) is 0 Å². The number of carbonyl (C=O) groups is 1. The van der Waals surface area contributed by atoms with Crippen molar-refractivity contribution in [2.24, 2.45) is 0 Å². The Morgan fingerprint density at radius 1 is 1.28 bits per heavy atom. The molecule has 0 aromatic heterocycles. The third-order valence-electron chi connectivity index (χ3n) is 3.05. The summed E-state index contributed by atoms with van der Waals surface area (Å²) >= 11 is 5.79. The number of benzene rings is 2. The minimum Gasteiger partial charge on any atom is -0.497 e. The Morgan fingerprint density at radius 2 is 2.00 bits per heavy atom. The molecule has 25 heavy (non-hydrogen) atoms. The standard InChI is InChI=1S/C15H11ClF2N2O5/c1-24-9-3-4-12(20(22)23)10(7-9)14(21)19-8-2-5-13(11(16)6-8)25-15(17)18/h2-7,15H,1H3,(H,19,21). The van der Waals surface area contributed by atoms with Crippen LogP contribution in [0.15, 0.2) is 36.4 Å². The van der Waals surface area contributed by atoms with E-state index in [0.717, 1.165) is 12.1 Å². The van der Waals surface area contributed by atoms with Gasteiger partial charge in [-0.3, -0.25) is 14.9 Å². The maximum Gasteiger partial charge on any atom is 0.387 e. The zero-order valence-electron chi connectivity index (χ0n) is 12.7. The third kappa shape index (κ3) is 4.54. The van der Waals surface area contributed by atoms with Crippen molar-refractivity contribution >= 4 is 28.9 Å². The highest BCUT2D eigenvalue weighted by atomic mass is 35.5. The van der Waals surface area contributed by atoms with Gasteiger partial charge in [0.25, 0.3) is 11.6 Å². The zero-order chi connectivity index (χ0) is 18.6. The van der Waals surface area contributed by atoms with Gasteiger partial charge in [-0.15, -0.1) is 0 Å². The van der Waals surface area contributed by atoms with Crippen molar-refractivity contribution in [2.75, 3.05) is 12.4 Å². The van der Waals surface area contributed by atoms with Crippen LogP contribution in [0.3, 0.4) is 0 Å². The van der Waals surface area contributed by atoms with Gasteiger partial charge in [0.2, 0.25) is 0 Å².